The van der Waals surface area contributed by atoms with Crippen LogP contribution in [0, 0.1) is 5.41 Å². The Morgan fingerprint density at radius 1 is 1.19 bits per heavy atom. The number of fused-ring (bicyclic) bond motifs is 2. The average molecular weight is 380 g/mol. The van der Waals surface area contributed by atoms with Gasteiger partial charge in [-0.3, -0.25) is 0 Å². The lowest BCUT2D eigenvalue weighted by atomic mass is 9.76. The smallest absolute Gasteiger partial charge is 0.337 e. The second kappa shape index (κ2) is 6.77. The van der Waals surface area contributed by atoms with Gasteiger partial charge in [-0.25, -0.2) is 4.79 Å². The van der Waals surface area contributed by atoms with Gasteiger partial charge in [-0.15, -0.1) is 11.3 Å². The molecule has 0 spiro atoms. The summed E-state index contributed by atoms with van der Waals surface area (Å²) in [6, 6.07) is 12.5. The molecule has 0 amide bonds. The molecule has 140 valence electrons. The molecular weight excluding hydrogens is 354 g/mol. The lowest BCUT2D eigenvalue weighted by Gasteiger charge is -2.29. The first-order valence-electron chi connectivity index (χ1n) is 9.45. The number of carboxylic acid groups (broad SMARTS) is 1. The van der Waals surface area contributed by atoms with Crippen molar-refractivity contribution in [1.82, 2.24) is 5.32 Å². The average Bonchev–Trinajstić information content (AvgIpc) is 2.99. The van der Waals surface area contributed by atoms with Crippen molar-refractivity contribution in [3.05, 3.63) is 58.0 Å². The van der Waals surface area contributed by atoms with Crippen molar-refractivity contribution in [2.75, 3.05) is 7.05 Å². The third-order valence-electron chi connectivity index (χ3n) is 5.61. The van der Waals surface area contributed by atoms with E-state index in [1.165, 1.54) is 15.8 Å². The Bertz CT molecular complexity index is 1030. The molecule has 2 N–H and O–H groups in total. The van der Waals surface area contributed by atoms with Crippen LogP contribution in [0.25, 0.3) is 21.2 Å². The normalized spacial score (nSPS) is 15.7. The molecule has 1 aliphatic carbocycles. The van der Waals surface area contributed by atoms with Gasteiger partial charge in [-0.1, -0.05) is 50.2 Å². The van der Waals surface area contributed by atoms with Gasteiger partial charge in [-0.2, -0.15) is 0 Å². The molecule has 1 heterocycles. The van der Waals surface area contributed by atoms with Crippen LogP contribution in [0.2, 0.25) is 0 Å². The number of aromatic carboxylic acids is 1. The second-order valence-corrected chi connectivity index (χ2v) is 9.31. The summed E-state index contributed by atoms with van der Waals surface area (Å²) >= 11 is 1.68. The van der Waals surface area contributed by atoms with Crippen molar-refractivity contribution in [3.8, 4) is 10.4 Å². The first-order valence-corrected chi connectivity index (χ1v) is 10.3. The molecule has 0 atom stereocenters. The van der Waals surface area contributed by atoms with E-state index in [2.05, 4.69) is 49.5 Å². The van der Waals surface area contributed by atoms with Crippen LogP contribution in [0.4, 0.5) is 0 Å². The lowest BCUT2D eigenvalue weighted by molar-refractivity contribution is 0.0696. The van der Waals surface area contributed by atoms with Crippen molar-refractivity contribution < 1.29 is 9.90 Å². The molecule has 0 fully saturated rings. The van der Waals surface area contributed by atoms with E-state index in [-0.39, 0.29) is 5.41 Å². The fourth-order valence-corrected chi connectivity index (χ4v) is 5.60. The third-order valence-corrected chi connectivity index (χ3v) is 6.94. The summed E-state index contributed by atoms with van der Waals surface area (Å²) in [5.74, 6) is -0.802. The first-order chi connectivity index (χ1) is 12.9. The van der Waals surface area contributed by atoms with Gasteiger partial charge >= 0.3 is 5.97 Å². The quantitative estimate of drug-likeness (QED) is 0.629. The third kappa shape index (κ3) is 3.17. The van der Waals surface area contributed by atoms with Crippen molar-refractivity contribution in [3.63, 3.8) is 0 Å². The van der Waals surface area contributed by atoms with Crippen molar-refractivity contribution in [1.29, 1.82) is 0 Å². The number of carbonyl (C=O) groups is 1. The van der Waals surface area contributed by atoms with Gasteiger partial charge in [0.05, 0.1) is 5.56 Å². The van der Waals surface area contributed by atoms with E-state index in [9.17, 15) is 9.90 Å². The maximum absolute atomic E-state index is 12.2. The molecule has 0 radical (unpaired) electrons. The lowest BCUT2D eigenvalue weighted by Crippen LogP contribution is -2.22. The molecule has 1 aliphatic rings. The fraction of sp³-hybridized carbons (Fsp3) is 0.348. The fourth-order valence-electron chi connectivity index (χ4n) is 4.25. The van der Waals surface area contributed by atoms with Crippen LogP contribution < -0.4 is 5.32 Å². The largest absolute Gasteiger partial charge is 0.478 e. The number of hydrogen-bond acceptors (Lipinski definition) is 3. The maximum atomic E-state index is 12.2. The highest BCUT2D eigenvalue weighted by molar-refractivity contribution is 7.16. The number of hydrogen-bond donors (Lipinski definition) is 2. The number of carboxylic acids is 1. The summed E-state index contributed by atoms with van der Waals surface area (Å²) in [5.41, 5.74) is 4.02. The minimum absolute atomic E-state index is 0.161. The summed E-state index contributed by atoms with van der Waals surface area (Å²) in [7, 11) is 1.94. The molecule has 3 nitrogen and oxygen atoms in total. The Hall–Kier alpha value is -2.17. The van der Waals surface area contributed by atoms with Gasteiger partial charge in [0.2, 0.25) is 0 Å². The van der Waals surface area contributed by atoms with Crippen molar-refractivity contribution in [2.45, 2.75) is 39.7 Å². The van der Waals surface area contributed by atoms with Crippen LogP contribution >= 0.6 is 11.3 Å². The molecule has 0 unspecified atom stereocenters. The summed E-state index contributed by atoms with van der Waals surface area (Å²) in [6.07, 6.45) is 2.93. The van der Waals surface area contributed by atoms with E-state index in [0.29, 0.717) is 5.56 Å². The molecule has 4 heteroatoms. The van der Waals surface area contributed by atoms with Crippen LogP contribution in [0.1, 0.15) is 46.6 Å². The predicted molar refractivity (Wildman–Crippen MR) is 113 cm³/mol. The maximum Gasteiger partial charge on any atom is 0.337 e. The topological polar surface area (TPSA) is 49.3 Å². The Balaban J connectivity index is 1.96. The highest BCUT2D eigenvalue weighted by Crippen LogP contribution is 2.46. The molecule has 0 aliphatic heterocycles. The Labute approximate surface area is 164 Å². The van der Waals surface area contributed by atoms with Gasteiger partial charge in [-0.05, 0) is 53.6 Å². The Morgan fingerprint density at radius 3 is 2.67 bits per heavy atom. The second-order valence-electron chi connectivity index (χ2n) is 8.20. The minimum Gasteiger partial charge on any atom is -0.478 e. The zero-order valence-electron chi connectivity index (χ0n) is 16.1. The summed E-state index contributed by atoms with van der Waals surface area (Å²) in [5, 5.41) is 15.6. The molecule has 0 saturated carbocycles. The summed E-state index contributed by atoms with van der Waals surface area (Å²) < 4.78 is 0. The molecule has 27 heavy (non-hydrogen) atoms. The Morgan fingerprint density at radius 2 is 1.93 bits per heavy atom. The van der Waals surface area contributed by atoms with Gasteiger partial charge in [0, 0.05) is 21.9 Å². The standard InChI is InChI=1S/C23H25NO2S/c1-23(2)11-10-19-18(12-23)20(22(25)26)21(27-19)17-9-5-7-15-14(13-24-3)6-4-8-16(15)17/h4-9,24H,10-13H2,1-3H3,(H,25,26). The molecular formula is C23H25NO2S. The first kappa shape index (κ1) is 18.2. The minimum atomic E-state index is -0.802. The van der Waals surface area contributed by atoms with E-state index >= 15 is 0 Å². The van der Waals surface area contributed by atoms with E-state index in [0.717, 1.165) is 47.2 Å². The number of nitrogens with one attached hydrogen (secondary N) is 1. The molecule has 4 rings (SSSR count). The Kier molecular flexibility index (Phi) is 4.57. The van der Waals surface area contributed by atoms with E-state index < -0.39 is 5.97 Å². The van der Waals surface area contributed by atoms with E-state index in [1.807, 2.05) is 13.1 Å². The zero-order chi connectivity index (χ0) is 19.2. The van der Waals surface area contributed by atoms with Gasteiger partial charge in [0.25, 0.3) is 0 Å². The van der Waals surface area contributed by atoms with Gasteiger partial charge in [0.15, 0.2) is 0 Å². The molecule has 1 aromatic heterocycles. The highest BCUT2D eigenvalue weighted by atomic mass is 32.1. The predicted octanol–water partition coefficient (Wildman–Crippen LogP) is 5.50. The van der Waals surface area contributed by atoms with Crippen LogP contribution in [0.5, 0.6) is 0 Å². The van der Waals surface area contributed by atoms with Gasteiger partial charge < -0.3 is 10.4 Å². The van der Waals surface area contributed by atoms with Crippen LogP contribution in [-0.4, -0.2) is 18.1 Å². The van der Waals surface area contributed by atoms with Crippen molar-refractivity contribution >= 4 is 28.1 Å². The number of benzene rings is 2. The molecule has 0 bridgehead atoms. The van der Waals surface area contributed by atoms with Crippen LogP contribution in [-0.2, 0) is 19.4 Å². The highest BCUT2D eigenvalue weighted by Gasteiger charge is 2.33. The van der Waals surface area contributed by atoms with Crippen LogP contribution in [0.3, 0.4) is 0 Å². The number of rotatable bonds is 4. The molecule has 3 aromatic rings. The summed E-state index contributed by atoms with van der Waals surface area (Å²) in [4.78, 5) is 14.4. The summed E-state index contributed by atoms with van der Waals surface area (Å²) in [6.45, 7) is 5.27. The SMILES string of the molecule is CNCc1cccc2c(-c3sc4c(c3C(=O)O)CC(C)(C)CC4)cccc12. The molecule has 0 saturated heterocycles. The zero-order valence-corrected chi connectivity index (χ0v) is 16.9. The van der Waals surface area contributed by atoms with Crippen molar-refractivity contribution in [2.24, 2.45) is 5.41 Å². The number of thiophene rings is 1. The molecule has 2 aromatic carbocycles. The van der Waals surface area contributed by atoms with E-state index in [1.54, 1.807) is 11.3 Å². The van der Waals surface area contributed by atoms with E-state index in [4.69, 9.17) is 0 Å². The van der Waals surface area contributed by atoms with Gasteiger partial charge in [0.1, 0.15) is 0 Å². The van der Waals surface area contributed by atoms with Crippen LogP contribution in [0.15, 0.2) is 36.4 Å². The number of aryl methyl sites for hydroxylation is 1. The monoisotopic (exact) mass is 379 g/mol.